The van der Waals surface area contributed by atoms with Gasteiger partial charge in [-0.2, -0.15) is 0 Å². The lowest BCUT2D eigenvalue weighted by Crippen LogP contribution is -2.18. The van der Waals surface area contributed by atoms with E-state index in [2.05, 4.69) is 17.9 Å². The quantitative estimate of drug-likeness (QED) is 0.620. The molecule has 2 heterocycles. The molecule has 0 unspecified atom stereocenters. The lowest BCUT2D eigenvalue weighted by molar-refractivity contribution is 0.591. The van der Waals surface area contributed by atoms with Crippen LogP contribution in [0.5, 0.6) is 0 Å². The second kappa shape index (κ2) is 3.30. The Balaban J connectivity index is 2.09. The Morgan fingerprint density at radius 3 is 3.08 bits per heavy atom. The molecule has 1 N–H and O–H groups in total. The Morgan fingerprint density at radius 1 is 1.42 bits per heavy atom. The molecule has 2 radical (unpaired) electrons. The zero-order chi connectivity index (χ0) is 8.23. The van der Waals surface area contributed by atoms with Gasteiger partial charge in [0.1, 0.15) is 6.54 Å². The van der Waals surface area contributed by atoms with Gasteiger partial charge in [0, 0.05) is 18.4 Å². The second-order valence-corrected chi connectivity index (χ2v) is 2.57. The van der Waals surface area contributed by atoms with Crippen LogP contribution in [-0.2, 0) is 0 Å². The van der Waals surface area contributed by atoms with Crippen molar-refractivity contribution in [1.82, 2.24) is 10.2 Å². The molecule has 60 valence electrons. The van der Waals surface area contributed by atoms with Gasteiger partial charge in [-0.05, 0) is 24.4 Å². The molecule has 0 saturated heterocycles. The predicted octanol–water partition coefficient (Wildman–Crippen LogP) is 1.41. The van der Waals surface area contributed by atoms with Crippen LogP contribution in [-0.4, -0.2) is 11.4 Å². The van der Waals surface area contributed by atoms with Crippen LogP contribution in [0.3, 0.4) is 0 Å². The van der Waals surface area contributed by atoms with Gasteiger partial charge in [-0.25, -0.2) is 0 Å². The van der Waals surface area contributed by atoms with Crippen molar-refractivity contribution >= 4 is 0 Å². The normalized spacial score (nSPS) is 20.7. The fourth-order valence-electron chi connectivity index (χ4n) is 1.14. The minimum absolute atomic E-state index is 0.890. The van der Waals surface area contributed by atoms with E-state index >= 15 is 0 Å². The third-order valence-electron chi connectivity index (χ3n) is 1.74. The highest BCUT2D eigenvalue weighted by Gasteiger charge is 2.05. The molecule has 0 aromatic carbocycles. The van der Waals surface area contributed by atoms with Gasteiger partial charge in [-0.1, -0.05) is 12.2 Å². The molecule has 2 aliphatic heterocycles. The fourth-order valence-corrected chi connectivity index (χ4v) is 1.14. The van der Waals surface area contributed by atoms with Gasteiger partial charge in [0.2, 0.25) is 0 Å². The zero-order valence-corrected chi connectivity index (χ0v) is 6.70. The van der Waals surface area contributed by atoms with Crippen molar-refractivity contribution in [3.63, 3.8) is 0 Å². The first-order valence-electron chi connectivity index (χ1n) is 3.96. The molecule has 0 aliphatic carbocycles. The van der Waals surface area contributed by atoms with Gasteiger partial charge in [0.15, 0.2) is 0 Å². The van der Waals surface area contributed by atoms with E-state index < -0.39 is 0 Å². The molecule has 0 bridgehead atoms. The summed E-state index contributed by atoms with van der Waals surface area (Å²) in [7, 11) is 0. The monoisotopic (exact) mass is 158 g/mol. The summed E-state index contributed by atoms with van der Waals surface area (Å²) >= 11 is 0. The summed E-state index contributed by atoms with van der Waals surface area (Å²) in [5.41, 5.74) is 1.16. The van der Waals surface area contributed by atoms with E-state index in [0.717, 1.165) is 12.2 Å². The van der Waals surface area contributed by atoms with Crippen LogP contribution in [0, 0.1) is 6.54 Å². The minimum Gasteiger partial charge on any atom is -0.387 e. The van der Waals surface area contributed by atoms with E-state index in [1.165, 1.54) is 0 Å². The topological polar surface area (TPSA) is 15.3 Å². The van der Waals surface area contributed by atoms with Crippen LogP contribution >= 0.6 is 0 Å². The Morgan fingerprint density at radius 2 is 2.42 bits per heavy atom. The van der Waals surface area contributed by atoms with Gasteiger partial charge in [0.25, 0.3) is 0 Å². The highest BCUT2D eigenvalue weighted by Crippen LogP contribution is 2.13. The standard InChI is InChI=1S/C10H10N2/c1-2-8-12(9-3-1)10-4-6-11-7-5-10/h1-6,8,11H,7H2. The Hall–Kier alpha value is -1.44. The SMILES string of the molecule is [C]1C=CC=CN1C1=CCNC=C1. The van der Waals surface area contributed by atoms with Crippen molar-refractivity contribution in [3.8, 4) is 0 Å². The first-order chi connectivity index (χ1) is 5.97. The summed E-state index contributed by atoms with van der Waals surface area (Å²) in [4.78, 5) is 1.97. The maximum atomic E-state index is 3.11. The molecule has 0 fully saturated rings. The van der Waals surface area contributed by atoms with Crippen LogP contribution in [0.4, 0.5) is 0 Å². The van der Waals surface area contributed by atoms with E-state index in [-0.39, 0.29) is 0 Å². The highest BCUT2D eigenvalue weighted by molar-refractivity contribution is 5.28. The number of nitrogens with one attached hydrogen (secondary N) is 1. The highest BCUT2D eigenvalue weighted by atomic mass is 15.1. The maximum Gasteiger partial charge on any atom is 0.123 e. The van der Waals surface area contributed by atoms with E-state index in [1.54, 1.807) is 0 Å². The third kappa shape index (κ3) is 1.42. The van der Waals surface area contributed by atoms with Crippen molar-refractivity contribution in [2.45, 2.75) is 0 Å². The average Bonchev–Trinajstić information content (AvgIpc) is 2.21. The molecule has 0 aromatic heterocycles. The Kier molecular flexibility index (Phi) is 1.99. The van der Waals surface area contributed by atoms with Crippen molar-refractivity contribution in [1.29, 1.82) is 0 Å². The summed E-state index contributed by atoms with van der Waals surface area (Å²) in [6, 6.07) is 0. The minimum atomic E-state index is 0.890. The molecule has 0 spiro atoms. The average molecular weight is 158 g/mol. The number of hydrogen-bond acceptors (Lipinski definition) is 2. The Bertz CT molecular complexity index is 272. The van der Waals surface area contributed by atoms with Gasteiger partial charge in [0.05, 0.1) is 0 Å². The van der Waals surface area contributed by atoms with Crippen LogP contribution in [0.2, 0.25) is 0 Å². The van der Waals surface area contributed by atoms with E-state index in [1.807, 2.05) is 41.6 Å². The molecular formula is C10H10N2. The van der Waals surface area contributed by atoms with Crippen molar-refractivity contribution in [2.24, 2.45) is 0 Å². The maximum absolute atomic E-state index is 3.11. The largest absolute Gasteiger partial charge is 0.387 e. The van der Waals surface area contributed by atoms with Crippen LogP contribution in [0.15, 0.2) is 48.5 Å². The molecule has 2 heteroatoms. The van der Waals surface area contributed by atoms with Crippen LogP contribution in [0.25, 0.3) is 0 Å². The number of hydrogen-bond donors (Lipinski definition) is 1. The molecule has 2 nitrogen and oxygen atoms in total. The van der Waals surface area contributed by atoms with Crippen molar-refractivity contribution in [3.05, 3.63) is 55.0 Å². The molecule has 0 amide bonds. The number of dihydropyridines is 1. The van der Waals surface area contributed by atoms with Gasteiger partial charge in [-0.15, -0.1) is 0 Å². The summed E-state index contributed by atoms with van der Waals surface area (Å²) in [6.07, 6.45) is 13.9. The van der Waals surface area contributed by atoms with Gasteiger partial charge < -0.3 is 10.2 Å². The smallest absolute Gasteiger partial charge is 0.123 e. The van der Waals surface area contributed by atoms with Crippen LogP contribution in [0.1, 0.15) is 0 Å². The zero-order valence-electron chi connectivity index (χ0n) is 6.70. The van der Waals surface area contributed by atoms with Gasteiger partial charge >= 0.3 is 0 Å². The lowest BCUT2D eigenvalue weighted by Gasteiger charge is -2.22. The number of rotatable bonds is 1. The van der Waals surface area contributed by atoms with E-state index in [0.29, 0.717) is 0 Å². The summed E-state index contributed by atoms with van der Waals surface area (Å²) < 4.78 is 0. The van der Waals surface area contributed by atoms with E-state index in [9.17, 15) is 0 Å². The number of nitrogens with zero attached hydrogens (tertiary/aromatic N) is 1. The second-order valence-electron chi connectivity index (χ2n) is 2.57. The van der Waals surface area contributed by atoms with Crippen LogP contribution < -0.4 is 5.32 Å². The molecule has 2 aliphatic rings. The third-order valence-corrected chi connectivity index (χ3v) is 1.74. The van der Waals surface area contributed by atoms with Crippen molar-refractivity contribution < 1.29 is 0 Å². The predicted molar refractivity (Wildman–Crippen MR) is 48.6 cm³/mol. The first-order valence-corrected chi connectivity index (χ1v) is 3.96. The van der Waals surface area contributed by atoms with E-state index in [4.69, 9.17) is 0 Å². The summed E-state index contributed by atoms with van der Waals surface area (Å²) in [5, 5.41) is 3.10. The van der Waals surface area contributed by atoms with Crippen molar-refractivity contribution in [2.75, 3.05) is 6.54 Å². The molecule has 0 atom stereocenters. The fraction of sp³-hybridized carbons (Fsp3) is 0.100. The first kappa shape index (κ1) is 7.22. The molecule has 12 heavy (non-hydrogen) atoms. The summed E-state index contributed by atoms with van der Waals surface area (Å²) in [6.45, 7) is 4.00. The molecule has 0 saturated carbocycles. The summed E-state index contributed by atoms with van der Waals surface area (Å²) in [5.74, 6) is 0. The molecular weight excluding hydrogens is 148 g/mol. The molecule has 2 rings (SSSR count). The molecule has 0 aromatic rings. The number of allylic oxidation sites excluding steroid dienone is 3. The lowest BCUT2D eigenvalue weighted by atomic mass is 10.2. The van der Waals surface area contributed by atoms with Gasteiger partial charge in [-0.3, -0.25) is 0 Å². The Labute approximate surface area is 72.6 Å².